The Morgan fingerprint density at radius 2 is 2.35 bits per heavy atom. The lowest BCUT2D eigenvalue weighted by Crippen LogP contribution is -2.28. The van der Waals surface area contributed by atoms with E-state index >= 15 is 0 Å². The van der Waals surface area contributed by atoms with Gasteiger partial charge in [0.2, 0.25) is 0 Å². The van der Waals surface area contributed by atoms with Crippen LogP contribution in [0.1, 0.15) is 40.8 Å². The maximum absolute atomic E-state index is 12.3. The highest BCUT2D eigenvalue weighted by Gasteiger charge is 2.20. The molecule has 1 atom stereocenters. The monoisotopic (exact) mass is 332 g/mol. The minimum atomic E-state index is -0.224. The molecule has 1 aliphatic heterocycles. The zero-order valence-electron chi connectivity index (χ0n) is 12.8. The SMILES string of the molecule is CCc1nnsc1C(=O)N[C@@H](C)c1ccc2c(c1)NC(=O)CO2. The molecule has 0 saturated carbocycles. The van der Waals surface area contributed by atoms with E-state index in [4.69, 9.17) is 4.74 Å². The van der Waals surface area contributed by atoms with Gasteiger partial charge in [0.25, 0.3) is 11.8 Å². The van der Waals surface area contributed by atoms with Gasteiger partial charge in [-0.3, -0.25) is 9.59 Å². The Hall–Kier alpha value is -2.48. The van der Waals surface area contributed by atoms with Crippen LogP contribution < -0.4 is 15.4 Å². The van der Waals surface area contributed by atoms with Gasteiger partial charge in [-0.05, 0) is 42.6 Å². The van der Waals surface area contributed by atoms with Gasteiger partial charge in [-0.25, -0.2) is 0 Å². The van der Waals surface area contributed by atoms with Crippen LogP contribution in [0.5, 0.6) is 5.75 Å². The van der Waals surface area contributed by atoms with Crippen LogP contribution in [0.4, 0.5) is 5.69 Å². The summed E-state index contributed by atoms with van der Waals surface area (Å²) in [5, 5.41) is 9.63. The molecule has 2 heterocycles. The number of aromatic nitrogens is 2. The summed E-state index contributed by atoms with van der Waals surface area (Å²) in [4.78, 5) is 24.3. The van der Waals surface area contributed by atoms with Crippen molar-refractivity contribution in [2.75, 3.05) is 11.9 Å². The molecule has 0 unspecified atom stereocenters. The highest BCUT2D eigenvalue weighted by atomic mass is 32.1. The minimum Gasteiger partial charge on any atom is -0.482 e. The number of carbonyl (C=O) groups is 2. The lowest BCUT2D eigenvalue weighted by molar-refractivity contribution is -0.118. The maximum atomic E-state index is 12.3. The van der Waals surface area contributed by atoms with Crippen LogP contribution >= 0.6 is 11.5 Å². The predicted octanol–water partition coefficient (Wildman–Crippen LogP) is 1.92. The second-order valence-electron chi connectivity index (χ2n) is 5.19. The normalized spacial score (nSPS) is 14.4. The minimum absolute atomic E-state index is 0.0246. The molecule has 1 aliphatic rings. The molecule has 1 aromatic heterocycles. The van der Waals surface area contributed by atoms with Crippen molar-refractivity contribution in [3.8, 4) is 5.75 Å². The van der Waals surface area contributed by atoms with Crippen LogP contribution in [-0.2, 0) is 11.2 Å². The molecule has 1 aromatic carbocycles. The molecule has 0 spiro atoms. The number of nitrogens with one attached hydrogen (secondary N) is 2. The van der Waals surface area contributed by atoms with Gasteiger partial charge in [0.15, 0.2) is 6.61 Å². The van der Waals surface area contributed by atoms with Crippen molar-refractivity contribution in [3.63, 3.8) is 0 Å². The quantitative estimate of drug-likeness (QED) is 0.892. The predicted molar refractivity (Wildman–Crippen MR) is 85.7 cm³/mol. The van der Waals surface area contributed by atoms with E-state index < -0.39 is 0 Å². The van der Waals surface area contributed by atoms with Crippen molar-refractivity contribution in [2.45, 2.75) is 26.3 Å². The Kier molecular flexibility index (Phi) is 4.24. The van der Waals surface area contributed by atoms with E-state index in [0.29, 0.717) is 28.4 Å². The van der Waals surface area contributed by atoms with Crippen molar-refractivity contribution < 1.29 is 14.3 Å². The Morgan fingerprint density at radius 1 is 1.52 bits per heavy atom. The second-order valence-corrected chi connectivity index (χ2v) is 5.94. The number of amides is 2. The molecular formula is C15H16N4O3S. The first-order chi connectivity index (χ1) is 11.1. The highest BCUT2D eigenvalue weighted by molar-refractivity contribution is 7.08. The van der Waals surface area contributed by atoms with Crippen LogP contribution in [0.15, 0.2) is 18.2 Å². The topological polar surface area (TPSA) is 93.2 Å². The summed E-state index contributed by atoms with van der Waals surface area (Å²) in [5.74, 6) is 0.254. The van der Waals surface area contributed by atoms with E-state index in [2.05, 4.69) is 20.2 Å². The van der Waals surface area contributed by atoms with Gasteiger partial charge in [-0.15, -0.1) is 5.10 Å². The van der Waals surface area contributed by atoms with Crippen LogP contribution in [0.3, 0.4) is 0 Å². The summed E-state index contributed by atoms with van der Waals surface area (Å²) in [7, 11) is 0. The number of carbonyl (C=O) groups excluding carboxylic acids is 2. The summed E-state index contributed by atoms with van der Waals surface area (Å²) in [6, 6.07) is 5.24. The van der Waals surface area contributed by atoms with Gasteiger partial charge in [-0.1, -0.05) is 17.5 Å². The molecule has 0 saturated heterocycles. The fourth-order valence-corrected chi connectivity index (χ4v) is 2.98. The van der Waals surface area contributed by atoms with Gasteiger partial charge in [0.1, 0.15) is 10.6 Å². The molecule has 0 radical (unpaired) electrons. The first-order valence-corrected chi connectivity index (χ1v) is 8.04. The molecule has 0 aliphatic carbocycles. The first kappa shape index (κ1) is 15.4. The van der Waals surface area contributed by atoms with Crippen molar-refractivity contribution in [2.24, 2.45) is 0 Å². The van der Waals surface area contributed by atoms with Crippen LogP contribution in [0.25, 0.3) is 0 Å². The van der Waals surface area contributed by atoms with Crippen LogP contribution in [0.2, 0.25) is 0 Å². The lowest BCUT2D eigenvalue weighted by Gasteiger charge is -2.20. The number of anilines is 1. The van der Waals surface area contributed by atoms with Crippen molar-refractivity contribution >= 4 is 29.0 Å². The first-order valence-electron chi connectivity index (χ1n) is 7.27. The van der Waals surface area contributed by atoms with Crippen molar-refractivity contribution in [1.29, 1.82) is 0 Å². The van der Waals surface area contributed by atoms with E-state index in [1.807, 2.05) is 26.0 Å². The second kappa shape index (κ2) is 6.33. The number of ether oxygens (including phenoxy) is 1. The smallest absolute Gasteiger partial charge is 0.265 e. The number of hydrogen-bond acceptors (Lipinski definition) is 6. The van der Waals surface area contributed by atoms with Gasteiger partial charge >= 0.3 is 0 Å². The zero-order chi connectivity index (χ0) is 16.4. The third-order valence-corrected chi connectivity index (χ3v) is 4.35. The molecule has 0 bridgehead atoms. The summed E-state index contributed by atoms with van der Waals surface area (Å²) >= 11 is 1.09. The molecule has 3 rings (SSSR count). The number of rotatable bonds is 4. The summed E-state index contributed by atoms with van der Waals surface area (Å²) < 4.78 is 9.15. The molecule has 23 heavy (non-hydrogen) atoms. The molecular weight excluding hydrogens is 316 g/mol. The fourth-order valence-electron chi connectivity index (χ4n) is 2.33. The largest absolute Gasteiger partial charge is 0.482 e. The van der Waals surface area contributed by atoms with Gasteiger partial charge < -0.3 is 15.4 Å². The average Bonchev–Trinajstić information content (AvgIpc) is 3.02. The molecule has 2 amide bonds. The van der Waals surface area contributed by atoms with Crippen molar-refractivity contribution in [1.82, 2.24) is 14.9 Å². The van der Waals surface area contributed by atoms with E-state index in [0.717, 1.165) is 17.1 Å². The van der Waals surface area contributed by atoms with Crippen LogP contribution in [-0.4, -0.2) is 28.0 Å². The third-order valence-electron chi connectivity index (χ3n) is 3.58. The summed E-state index contributed by atoms with van der Waals surface area (Å²) in [6.07, 6.45) is 0.663. The van der Waals surface area contributed by atoms with Crippen LogP contribution in [0, 0.1) is 0 Å². The summed E-state index contributed by atoms with van der Waals surface area (Å²) in [5.41, 5.74) is 2.19. The number of benzene rings is 1. The number of aryl methyl sites for hydroxylation is 1. The average molecular weight is 332 g/mol. The fraction of sp³-hybridized carbons (Fsp3) is 0.333. The Labute approximate surface area is 137 Å². The van der Waals surface area contributed by atoms with E-state index in [1.54, 1.807) is 6.07 Å². The molecule has 2 aromatic rings. The number of nitrogens with zero attached hydrogens (tertiary/aromatic N) is 2. The molecule has 2 N–H and O–H groups in total. The van der Waals surface area contributed by atoms with Gasteiger partial charge in [-0.2, -0.15) is 0 Å². The van der Waals surface area contributed by atoms with Gasteiger partial charge in [0, 0.05) is 0 Å². The number of hydrogen-bond donors (Lipinski definition) is 2. The van der Waals surface area contributed by atoms with E-state index in [-0.39, 0.29) is 24.5 Å². The Bertz CT molecular complexity index is 759. The lowest BCUT2D eigenvalue weighted by atomic mass is 10.1. The van der Waals surface area contributed by atoms with E-state index in [9.17, 15) is 9.59 Å². The van der Waals surface area contributed by atoms with Crippen molar-refractivity contribution in [3.05, 3.63) is 34.3 Å². The highest BCUT2D eigenvalue weighted by Crippen LogP contribution is 2.30. The van der Waals surface area contributed by atoms with Gasteiger partial charge in [0.05, 0.1) is 17.4 Å². The standard InChI is InChI=1S/C15H16N4O3S/c1-3-10-14(23-19-18-10)15(21)16-8(2)9-4-5-12-11(6-9)17-13(20)7-22-12/h4-6,8H,3,7H2,1-2H3,(H,16,21)(H,17,20)/t8-/m0/s1. The molecule has 8 heteroatoms. The molecule has 0 fully saturated rings. The molecule has 7 nitrogen and oxygen atoms in total. The summed E-state index contributed by atoms with van der Waals surface area (Å²) in [6.45, 7) is 3.84. The third kappa shape index (κ3) is 3.16. The Balaban J connectivity index is 1.76. The molecule has 120 valence electrons. The zero-order valence-corrected chi connectivity index (χ0v) is 13.6. The van der Waals surface area contributed by atoms with E-state index in [1.165, 1.54) is 0 Å². The maximum Gasteiger partial charge on any atom is 0.265 e. The number of fused-ring (bicyclic) bond motifs is 1. The Morgan fingerprint density at radius 3 is 3.13 bits per heavy atom.